The zero-order valence-electron chi connectivity index (χ0n) is 11.1. The highest BCUT2D eigenvalue weighted by atomic mass is 16.5. The number of furan rings is 1. The monoisotopic (exact) mass is 272 g/mol. The molecular weight excluding hydrogens is 256 g/mol. The molecule has 0 saturated carbocycles. The SMILES string of the molecule is O=C(c1ccoc1)N1CCCC(Oc2ccncc2)C1. The fourth-order valence-electron chi connectivity index (χ4n) is 2.40. The number of aromatic nitrogens is 1. The maximum absolute atomic E-state index is 12.3. The van der Waals surface area contributed by atoms with Crippen LogP contribution in [-0.4, -0.2) is 35.0 Å². The molecule has 0 aliphatic carbocycles. The summed E-state index contributed by atoms with van der Waals surface area (Å²) in [5.74, 6) is 0.796. The van der Waals surface area contributed by atoms with E-state index in [0.717, 1.165) is 25.1 Å². The summed E-state index contributed by atoms with van der Waals surface area (Å²) >= 11 is 0. The van der Waals surface area contributed by atoms with Crippen LogP contribution in [0.4, 0.5) is 0 Å². The van der Waals surface area contributed by atoms with Gasteiger partial charge in [0.2, 0.25) is 0 Å². The van der Waals surface area contributed by atoms with Crippen LogP contribution in [0.5, 0.6) is 5.75 Å². The second kappa shape index (κ2) is 5.77. The smallest absolute Gasteiger partial charge is 0.257 e. The highest BCUT2D eigenvalue weighted by Crippen LogP contribution is 2.19. The number of rotatable bonds is 3. The van der Waals surface area contributed by atoms with Gasteiger partial charge < -0.3 is 14.1 Å². The van der Waals surface area contributed by atoms with Crippen LogP contribution in [0.25, 0.3) is 0 Å². The summed E-state index contributed by atoms with van der Waals surface area (Å²) in [6, 6.07) is 5.35. The van der Waals surface area contributed by atoms with Crippen molar-refractivity contribution in [2.24, 2.45) is 0 Å². The van der Waals surface area contributed by atoms with E-state index in [4.69, 9.17) is 9.15 Å². The fourth-order valence-corrected chi connectivity index (χ4v) is 2.40. The number of hydrogen-bond acceptors (Lipinski definition) is 4. The summed E-state index contributed by atoms with van der Waals surface area (Å²) in [4.78, 5) is 18.0. The van der Waals surface area contributed by atoms with Gasteiger partial charge in [0.25, 0.3) is 5.91 Å². The third kappa shape index (κ3) is 2.82. The van der Waals surface area contributed by atoms with Gasteiger partial charge in [-0.1, -0.05) is 0 Å². The van der Waals surface area contributed by atoms with Crippen molar-refractivity contribution >= 4 is 5.91 Å². The molecule has 3 rings (SSSR count). The lowest BCUT2D eigenvalue weighted by Gasteiger charge is -2.32. The number of hydrogen-bond donors (Lipinski definition) is 0. The lowest BCUT2D eigenvalue weighted by atomic mass is 10.1. The topological polar surface area (TPSA) is 55.6 Å². The Hall–Kier alpha value is -2.30. The molecule has 20 heavy (non-hydrogen) atoms. The first-order chi connectivity index (χ1) is 9.83. The van der Waals surface area contributed by atoms with E-state index in [0.29, 0.717) is 12.1 Å². The van der Waals surface area contributed by atoms with Crippen LogP contribution in [0.15, 0.2) is 47.5 Å². The predicted molar refractivity (Wildman–Crippen MR) is 72.5 cm³/mol. The molecule has 3 heterocycles. The van der Waals surface area contributed by atoms with E-state index in [1.807, 2.05) is 17.0 Å². The molecule has 1 aliphatic rings. The molecule has 2 aromatic rings. The third-order valence-electron chi connectivity index (χ3n) is 3.39. The Balaban J connectivity index is 1.63. The zero-order chi connectivity index (χ0) is 13.8. The average Bonchev–Trinajstić information content (AvgIpc) is 3.02. The van der Waals surface area contributed by atoms with Gasteiger partial charge in [-0.25, -0.2) is 0 Å². The van der Waals surface area contributed by atoms with Crippen LogP contribution in [0.1, 0.15) is 23.2 Å². The van der Waals surface area contributed by atoms with Gasteiger partial charge in [-0.05, 0) is 31.0 Å². The zero-order valence-corrected chi connectivity index (χ0v) is 11.1. The Morgan fingerprint density at radius 1 is 1.35 bits per heavy atom. The number of carbonyl (C=O) groups is 1. The van der Waals surface area contributed by atoms with Crippen LogP contribution in [0, 0.1) is 0 Å². The van der Waals surface area contributed by atoms with Gasteiger partial charge in [0.05, 0.1) is 18.4 Å². The van der Waals surface area contributed by atoms with Gasteiger partial charge in [0, 0.05) is 18.9 Å². The highest BCUT2D eigenvalue weighted by molar-refractivity contribution is 5.93. The number of piperidine rings is 1. The van der Waals surface area contributed by atoms with Gasteiger partial charge in [-0.2, -0.15) is 0 Å². The average molecular weight is 272 g/mol. The Morgan fingerprint density at radius 2 is 2.20 bits per heavy atom. The second-order valence-corrected chi connectivity index (χ2v) is 4.83. The van der Waals surface area contributed by atoms with Crippen molar-refractivity contribution in [2.45, 2.75) is 18.9 Å². The van der Waals surface area contributed by atoms with Crippen LogP contribution in [0.2, 0.25) is 0 Å². The van der Waals surface area contributed by atoms with Crippen LogP contribution >= 0.6 is 0 Å². The molecule has 0 radical (unpaired) electrons. The number of amides is 1. The van der Waals surface area contributed by atoms with Crippen LogP contribution in [0.3, 0.4) is 0 Å². The Kier molecular flexibility index (Phi) is 3.67. The molecular formula is C15H16N2O3. The molecule has 1 saturated heterocycles. The molecule has 1 aliphatic heterocycles. The third-order valence-corrected chi connectivity index (χ3v) is 3.39. The summed E-state index contributed by atoms with van der Waals surface area (Å²) in [7, 11) is 0. The summed E-state index contributed by atoms with van der Waals surface area (Å²) in [6.45, 7) is 1.37. The maximum Gasteiger partial charge on any atom is 0.257 e. The molecule has 0 spiro atoms. The van der Waals surface area contributed by atoms with Crippen molar-refractivity contribution in [1.29, 1.82) is 0 Å². The van der Waals surface area contributed by atoms with Crippen molar-refractivity contribution in [3.05, 3.63) is 48.7 Å². The molecule has 1 amide bonds. The minimum atomic E-state index is 0.00165. The van der Waals surface area contributed by atoms with E-state index in [2.05, 4.69) is 4.98 Å². The van der Waals surface area contributed by atoms with E-state index in [1.165, 1.54) is 12.5 Å². The number of pyridine rings is 1. The molecule has 0 aromatic carbocycles. The quantitative estimate of drug-likeness (QED) is 0.860. The van der Waals surface area contributed by atoms with Crippen molar-refractivity contribution in [1.82, 2.24) is 9.88 Å². The summed E-state index contributed by atoms with van der Waals surface area (Å²) in [5.41, 5.74) is 0.592. The van der Waals surface area contributed by atoms with E-state index >= 15 is 0 Å². The number of likely N-dealkylation sites (tertiary alicyclic amines) is 1. The summed E-state index contributed by atoms with van der Waals surface area (Å²) in [5, 5.41) is 0. The first kappa shape index (κ1) is 12.7. The fraction of sp³-hybridized carbons (Fsp3) is 0.333. The molecule has 0 N–H and O–H groups in total. The molecule has 104 valence electrons. The summed E-state index contributed by atoms with van der Waals surface area (Å²) < 4.78 is 10.9. The largest absolute Gasteiger partial charge is 0.488 e. The minimum Gasteiger partial charge on any atom is -0.488 e. The number of nitrogens with zero attached hydrogens (tertiary/aromatic N) is 2. The molecule has 0 bridgehead atoms. The van der Waals surface area contributed by atoms with Crippen molar-refractivity contribution in [3.63, 3.8) is 0 Å². The second-order valence-electron chi connectivity index (χ2n) is 4.83. The first-order valence-electron chi connectivity index (χ1n) is 6.71. The molecule has 2 aromatic heterocycles. The van der Waals surface area contributed by atoms with Crippen LogP contribution in [-0.2, 0) is 0 Å². The van der Waals surface area contributed by atoms with Crippen molar-refractivity contribution in [2.75, 3.05) is 13.1 Å². The minimum absolute atomic E-state index is 0.00165. The van der Waals surface area contributed by atoms with E-state index < -0.39 is 0 Å². The van der Waals surface area contributed by atoms with Crippen molar-refractivity contribution < 1.29 is 13.9 Å². The highest BCUT2D eigenvalue weighted by Gasteiger charge is 2.26. The van der Waals surface area contributed by atoms with Gasteiger partial charge in [-0.3, -0.25) is 9.78 Å². The first-order valence-corrected chi connectivity index (χ1v) is 6.71. The number of ether oxygens (including phenoxy) is 1. The Morgan fingerprint density at radius 3 is 2.95 bits per heavy atom. The lowest BCUT2D eigenvalue weighted by Crippen LogP contribution is -2.44. The standard InChI is InChI=1S/C15H16N2O3/c18-15(12-5-9-19-11-12)17-8-1-2-14(10-17)20-13-3-6-16-7-4-13/h3-7,9,11,14H,1-2,8,10H2. The molecule has 5 heteroatoms. The Labute approximate surface area is 117 Å². The van der Waals surface area contributed by atoms with Gasteiger partial charge in [-0.15, -0.1) is 0 Å². The van der Waals surface area contributed by atoms with E-state index in [1.54, 1.807) is 18.5 Å². The molecule has 1 fully saturated rings. The van der Waals surface area contributed by atoms with Gasteiger partial charge in [0.1, 0.15) is 18.1 Å². The maximum atomic E-state index is 12.3. The van der Waals surface area contributed by atoms with E-state index in [-0.39, 0.29) is 12.0 Å². The van der Waals surface area contributed by atoms with Gasteiger partial charge in [0.15, 0.2) is 0 Å². The molecule has 1 unspecified atom stereocenters. The van der Waals surface area contributed by atoms with Gasteiger partial charge >= 0.3 is 0 Å². The Bertz CT molecular complexity index is 554. The summed E-state index contributed by atoms with van der Waals surface area (Å²) in [6.07, 6.45) is 8.33. The lowest BCUT2D eigenvalue weighted by molar-refractivity contribution is 0.0537. The molecule has 5 nitrogen and oxygen atoms in total. The van der Waals surface area contributed by atoms with E-state index in [9.17, 15) is 4.79 Å². The normalized spacial score (nSPS) is 18.8. The predicted octanol–water partition coefficient (Wildman–Crippen LogP) is 2.36. The van der Waals surface area contributed by atoms with Crippen molar-refractivity contribution in [3.8, 4) is 5.75 Å². The number of carbonyl (C=O) groups excluding carboxylic acids is 1. The molecule has 1 atom stereocenters. The van der Waals surface area contributed by atoms with Crippen LogP contribution < -0.4 is 4.74 Å².